The minimum absolute atomic E-state index is 0.142. The van der Waals surface area contributed by atoms with Crippen LogP contribution < -0.4 is 10.6 Å². The molecule has 3 N–H and O–H groups in total. The van der Waals surface area contributed by atoms with Gasteiger partial charge >= 0.3 is 11.8 Å². The van der Waals surface area contributed by atoms with Gasteiger partial charge in [0.05, 0.1) is 6.10 Å². The van der Waals surface area contributed by atoms with Gasteiger partial charge < -0.3 is 15.7 Å². The minimum atomic E-state index is -0.645. The molecular formula is C22H28N2O3S. The van der Waals surface area contributed by atoms with Crippen LogP contribution in [-0.4, -0.2) is 23.5 Å². The van der Waals surface area contributed by atoms with Crippen molar-refractivity contribution in [3.05, 3.63) is 51.7 Å². The Morgan fingerprint density at radius 3 is 2.36 bits per heavy atom. The third-order valence-corrected chi connectivity index (χ3v) is 7.04. The topological polar surface area (TPSA) is 78.4 Å². The van der Waals surface area contributed by atoms with Gasteiger partial charge in [-0.25, -0.2) is 0 Å². The monoisotopic (exact) mass is 400 g/mol. The number of aryl methyl sites for hydroxylation is 1. The van der Waals surface area contributed by atoms with E-state index in [-0.39, 0.29) is 5.41 Å². The van der Waals surface area contributed by atoms with Gasteiger partial charge in [0.25, 0.3) is 0 Å². The first-order chi connectivity index (χ1) is 13.4. The molecule has 1 aliphatic rings. The van der Waals surface area contributed by atoms with Gasteiger partial charge in [-0.3, -0.25) is 9.59 Å². The lowest BCUT2D eigenvalue weighted by atomic mass is 9.84. The number of carbonyl (C=O) groups is 2. The molecule has 5 nitrogen and oxygen atoms in total. The highest BCUT2D eigenvalue weighted by atomic mass is 32.1. The maximum atomic E-state index is 12.4. The molecule has 1 aliphatic carbocycles. The molecule has 1 aromatic carbocycles. The smallest absolute Gasteiger partial charge is 0.313 e. The molecule has 1 unspecified atom stereocenters. The Morgan fingerprint density at radius 2 is 1.79 bits per heavy atom. The average Bonchev–Trinajstić information content (AvgIpc) is 3.37. The Labute approximate surface area is 170 Å². The van der Waals surface area contributed by atoms with Crippen LogP contribution in [0.25, 0.3) is 0 Å². The molecule has 28 heavy (non-hydrogen) atoms. The number of carbonyl (C=O) groups excluding carboxylic acids is 2. The van der Waals surface area contributed by atoms with Crippen molar-refractivity contribution in [2.24, 2.45) is 0 Å². The van der Waals surface area contributed by atoms with E-state index in [0.29, 0.717) is 12.2 Å². The van der Waals surface area contributed by atoms with Crippen molar-refractivity contribution in [1.82, 2.24) is 5.32 Å². The predicted octanol–water partition coefficient (Wildman–Crippen LogP) is 3.93. The van der Waals surface area contributed by atoms with E-state index in [1.165, 1.54) is 10.4 Å². The molecule has 1 atom stereocenters. The lowest BCUT2D eigenvalue weighted by Gasteiger charge is -2.28. The van der Waals surface area contributed by atoms with E-state index in [1.54, 1.807) is 18.3 Å². The van der Waals surface area contributed by atoms with Crippen LogP contribution in [0.1, 0.15) is 61.0 Å². The zero-order valence-corrected chi connectivity index (χ0v) is 17.3. The van der Waals surface area contributed by atoms with Crippen molar-refractivity contribution >= 4 is 28.8 Å². The number of nitrogens with one attached hydrogen (secondary N) is 2. The second kappa shape index (κ2) is 8.88. The van der Waals surface area contributed by atoms with Gasteiger partial charge in [-0.2, -0.15) is 0 Å². The first-order valence-corrected chi connectivity index (χ1v) is 10.7. The highest BCUT2D eigenvalue weighted by molar-refractivity contribution is 7.12. The van der Waals surface area contributed by atoms with Crippen LogP contribution >= 0.6 is 11.3 Å². The molecular weight excluding hydrogens is 372 g/mol. The lowest BCUT2D eigenvalue weighted by molar-refractivity contribution is -0.136. The van der Waals surface area contributed by atoms with Crippen molar-refractivity contribution in [1.29, 1.82) is 0 Å². The number of thiophene rings is 1. The van der Waals surface area contributed by atoms with Crippen LogP contribution in [0.4, 0.5) is 5.69 Å². The van der Waals surface area contributed by atoms with Crippen LogP contribution in [0, 0.1) is 0 Å². The molecule has 1 aromatic heterocycles. The van der Waals surface area contributed by atoms with Crippen molar-refractivity contribution in [3.8, 4) is 0 Å². The molecule has 0 aliphatic heterocycles. The summed E-state index contributed by atoms with van der Waals surface area (Å²) in [6.45, 7) is 4.27. The van der Waals surface area contributed by atoms with E-state index >= 15 is 0 Å². The van der Waals surface area contributed by atoms with E-state index in [4.69, 9.17) is 0 Å². The van der Waals surface area contributed by atoms with E-state index in [2.05, 4.69) is 23.6 Å². The largest absolute Gasteiger partial charge is 0.388 e. The van der Waals surface area contributed by atoms with Crippen molar-refractivity contribution < 1.29 is 14.7 Å². The predicted molar refractivity (Wildman–Crippen MR) is 113 cm³/mol. The molecule has 3 rings (SSSR count). The number of aliphatic hydroxyl groups is 1. The number of anilines is 1. The summed E-state index contributed by atoms with van der Waals surface area (Å²) in [4.78, 5) is 26.7. The Bertz CT molecular complexity index is 821. The van der Waals surface area contributed by atoms with Gasteiger partial charge in [0, 0.05) is 27.4 Å². The van der Waals surface area contributed by atoms with Crippen LogP contribution in [0.2, 0.25) is 0 Å². The van der Waals surface area contributed by atoms with Gasteiger partial charge in [0.2, 0.25) is 0 Å². The van der Waals surface area contributed by atoms with Crippen LogP contribution in [-0.2, 0) is 21.4 Å². The summed E-state index contributed by atoms with van der Waals surface area (Å²) >= 11 is 1.60. The quantitative estimate of drug-likeness (QED) is 0.643. The molecule has 150 valence electrons. The van der Waals surface area contributed by atoms with E-state index in [9.17, 15) is 14.7 Å². The van der Waals surface area contributed by atoms with Gasteiger partial charge in [0.15, 0.2) is 0 Å². The number of rotatable bonds is 6. The van der Waals surface area contributed by atoms with E-state index in [0.717, 1.165) is 37.0 Å². The number of aliphatic hydroxyl groups excluding tert-OH is 1. The second-order valence-corrected chi connectivity index (χ2v) is 8.67. The van der Waals surface area contributed by atoms with Crippen LogP contribution in [0.5, 0.6) is 0 Å². The maximum Gasteiger partial charge on any atom is 0.313 e. The molecule has 6 heteroatoms. The van der Waals surface area contributed by atoms with Crippen LogP contribution in [0.15, 0.2) is 36.4 Å². The highest BCUT2D eigenvalue weighted by Gasteiger charge is 2.37. The standard InChI is InChI=1S/C22H28N2O3S/c1-3-16-6-8-17(9-7-16)24-21(27)20(26)23-14-22(12-4-5-13-22)19-11-10-18(28-19)15(2)25/h6-11,15,25H,3-5,12-14H2,1-2H3,(H,23,26)(H,24,27). The summed E-state index contributed by atoms with van der Waals surface area (Å²) in [6.07, 6.45) is 4.61. The summed E-state index contributed by atoms with van der Waals surface area (Å²) in [7, 11) is 0. The normalized spacial score (nSPS) is 16.5. The zero-order valence-electron chi connectivity index (χ0n) is 16.5. The molecule has 0 radical (unpaired) electrons. The fourth-order valence-corrected chi connectivity index (χ4v) is 4.96. The molecule has 1 fully saturated rings. The van der Waals surface area contributed by atoms with Crippen LogP contribution in [0.3, 0.4) is 0 Å². The molecule has 1 saturated carbocycles. The third-order valence-electron chi connectivity index (χ3n) is 5.54. The molecule has 1 heterocycles. The summed E-state index contributed by atoms with van der Waals surface area (Å²) in [5.74, 6) is -1.26. The first-order valence-electron chi connectivity index (χ1n) is 9.90. The SMILES string of the molecule is CCc1ccc(NC(=O)C(=O)NCC2(c3ccc(C(C)O)s3)CCCC2)cc1. The summed E-state index contributed by atoms with van der Waals surface area (Å²) in [6, 6.07) is 11.5. The Kier molecular flexibility index (Phi) is 6.52. The summed E-state index contributed by atoms with van der Waals surface area (Å²) in [5.41, 5.74) is 1.65. The molecule has 0 spiro atoms. The number of hydrogen-bond donors (Lipinski definition) is 3. The van der Waals surface area contributed by atoms with Gasteiger partial charge in [-0.05, 0) is 56.0 Å². The molecule has 0 saturated heterocycles. The molecule has 2 amide bonds. The average molecular weight is 401 g/mol. The second-order valence-electron chi connectivity index (χ2n) is 7.55. The van der Waals surface area contributed by atoms with Crippen molar-refractivity contribution in [2.75, 3.05) is 11.9 Å². The van der Waals surface area contributed by atoms with E-state index < -0.39 is 17.9 Å². The zero-order chi connectivity index (χ0) is 20.1. The van der Waals surface area contributed by atoms with E-state index in [1.807, 2.05) is 30.3 Å². The third kappa shape index (κ3) is 4.62. The Hall–Kier alpha value is -2.18. The molecule has 2 aromatic rings. The minimum Gasteiger partial charge on any atom is -0.388 e. The van der Waals surface area contributed by atoms with Gasteiger partial charge in [-0.15, -0.1) is 11.3 Å². The van der Waals surface area contributed by atoms with Gasteiger partial charge in [-0.1, -0.05) is 31.9 Å². The number of benzene rings is 1. The number of hydrogen-bond acceptors (Lipinski definition) is 4. The summed E-state index contributed by atoms with van der Waals surface area (Å²) in [5, 5.41) is 15.3. The Morgan fingerprint density at radius 1 is 1.11 bits per heavy atom. The molecule has 0 bridgehead atoms. The van der Waals surface area contributed by atoms with Crippen molar-refractivity contribution in [3.63, 3.8) is 0 Å². The fourth-order valence-electron chi connectivity index (χ4n) is 3.77. The lowest BCUT2D eigenvalue weighted by Crippen LogP contribution is -2.43. The first kappa shape index (κ1) is 20.6. The van der Waals surface area contributed by atoms with Crippen molar-refractivity contribution in [2.45, 2.75) is 57.5 Å². The van der Waals surface area contributed by atoms with Gasteiger partial charge in [0.1, 0.15) is 0 Å². The summed E-state index contributed by atoms with van der Waals surface area (Å²) < 4.78 is 0. The number of amides is 2. The highest BCUT2D eigenvalue weighted by Crippen LogP contribution is 2.44. The Balaban J connectivity index is 1.62. The fraction of sp³-hybridized carbons (Fsp3) is 0.455. The maximum absolute atomic E-state index is 12.4.